The molecule has 0 aromatic rings. The van der Waals surface area contributed by atoms with Crippen molar-refractivity contribution in [3.05, 3.63) is 0 Å². The van der Waals surface area contributed by atoms with Gasteiger partial charge in [0.1, 0.15) is 0 Å². The number of carbonyl (C=O) groups excluding carboxylic acids is 2. The average molecular weight is 439 g/mol. The van der Waals surface area contributed by atoms with Gasteiger partial charge < -0.3 is 9.64 Å². The highest BCUT2D eigenvalue weighted by atomic mass is 16.6. The Morgan fingerprint density at radius 3 is 2.00 bits per heavy atom. The molecule has 1 fully saturated rings. The smallest absolute Gasteiger partial charge is 0.322 e. The maximum atomic E-state index is 13.6. The van der Waals surface area contributed by atoms with Gasteiger partial charge in [0.15, 0.2) is 6.23 Å². The first-order valence-electron chi connectivity index (χ1n) is 13.2. The molecule has 0 radical (unpaired) electrons. The fraction of sp³-hybridized carbons (Fsp3) is 0.923. The second-order valence-electron chi connectivity index (χ2n) is 9.48. The van der Waals surface area contributed by atoms with E-state index in [0.29, 0.717) is 31.2 Å². The first-order chi connectivity index (χ1) is 15.0. The van der Waals surface area contributed by atoms with Crippen LogP contribution in [-0.2, 0) is 9.53 Å². The molecule has 0 saturated heterocycles. The molecule has 5 nitrogen and oxygen atoms in total. The molecule has 1 saturated carbocycles. The topological polar surface area (TPSA) is 49.9 Å². The van der Waals surface area contributed by atoms with Crippen LogP contribution in [0.25, 0.3) is 0 Å². The van der Waals surface area contributed by atoms with Crippen LogP contribution in [0.5, 0.6) is 0 Å². The molecule has 3 unspecified atom stereocenters. The molecule has 0 N–H and O–H groups in total. The molecule has 3 atom stereocenters. The molecule has 1 aliphatic carbocycles. The van der Waals surface area contributed by atoms with Crippen molar-refractivity contribution in [2.24, 2.45) is 11.8 Å². The minimum Gasteiger partial charge on any atom is -0.441 e. The highest BCUT2D eigenvalue weighted by molar-refractivity contribution is 5.75. The molecule has 0 aromatic heterocycles. The molecule has 1 rings (SSSR count). The summed E-state index contributed by atoms with van der Waals surface area (Å²) in [6.45, 7) is 13.0. The quantitative estimate of drug-likeness (QED) is 0.204. The predicted octanol–water partition coefficient (Wildman–Crippen LogP) is 7.00. The molecular weight excluding hydrogens is 388 g/mol. The third-order valence-electron chi connectivity index (χ3n) is 6.70. The summed E-state index contributed by atoms with van der Waals surface area (Å²) in [6, 6.07) is 0.0487. The lowest BCUT2D eigenvalue weighted by molar-refractivity contribution is -0.159. The molecule has 0 aromatic carbocycles. The third-order valence-corrected chi connectivity index (χ3v) is 6.70. The fourth-order valence-electron chi connectivity index (χ4n) is 4.51. The third kappa shape index (κ3) is 10.3. The summed E-state index contributed by atoms with van der Waals surface area (Å²) in [7, 11) is 0. The lowest BCUT2D eigenvalue weighted by Gasteiger charge is -2.36. The Morgan fingerprint density at radius 1 is 0.871 bits per heavy atom. The van der Waals surface area contributed by atoms with Crippen molar-refractivity contribution >= 4 is 12.0 Å². The molecule has 0 bridgehead atoms. The zero-order valence-corrected chi connectivity index (χ0v) is 21.2. The van der Waals surface area contributed by atoms with Crippen molar-refractivity contribution in [1.29, 1.82) is 0 Å². The second-order valence-corrected chi connectivity index (χ2v) is 9.48. The SMILES string of the molecule is CCCCN(CCCC)C(=O)N(CCCC)C(CCC)OC(=O)CC1CCCCC1C. The molecule has 5 heteroatoms. The lowest BCUT2D eigenvalue weighted by atomic mass is 9.79. The van der Waals surface area contributed by atoms with Gasteiger partial charge in [0.25, 0.3) is 0 Å². The van der Waals surface area contributed by atoms with E-state index < -0.39 is 6.23 Å². The standard InChI is InChI=1S/C26H50N2O3/c1-6-10-18-27(19-11-7-2)26(30)28(20-12-8-3)24(15-9-4)31-25(29)21-23-17-14-13-16-22(23)5/h22-24H,6-21H2,1-5H3. The Balaban J connectivity index is 2.90. The molecule has 31 heavy (non-hydrogen) atoms. The van der Waals surface area contributed by atoms with Gasteiger partial charge >= 0.3 is 12.0 Å². The van der Waals surface area contributed by atoms with Crippen molar-refractivity contribution < 1.29 is 14.3 Å². The van der Waals surface area contributed by atoms with Crippen LogP contribution >= 0.6 is 0 Å². The maximum absolute atomic E-state index is 13.6. The van der Waals surface area contributed by atoms with Gasteiger partial charge in [-0.25, -0.2) is 4.79 Å². The van der Waals surface area contributed by atoms with Crippen LogP contribution in [0.2, 0.25) is 0 Å². The minimum absolute atomic E-state index is 0.0487. The Labute approximate surface area is 192 Å². The van der Waals surface area contributed by atoms with E-state index in [-0.39, 0.29) is 12.0 Å². The van der Waals surface area contributed by atoms with E-state index in [1.54, 1.807) is 0 Å². The normalized spacial score (nSPS) is 19.6. The summed E-state index contributed by atoms with van der Waals surface area (Å²) >= 11 is 0. The first-order valence-corrected chi connectivity index (χ1v) is 13.2. The van der Waals surface area contributed by atoms with Gasteiger partial charge in [0.05, 0.1) is 0 Å². The van der Waals surface area contributed by atoms with E-state index in [1.165, 1.54) is 19.3 Å². The summed E-state index contributed by atoms with van der Waals surface area (Å²) in [6.07, 6.45) is 12.6. The van der Waals surface area contributed by atoms with Crippen molar-refractivity contribution in [3.8, 4) is 0 Å². The number of urea groups is 1. The van der Waals surface area contributed by atoms with Crippen LogP contribution < -0.4 is 0 Å². The van der Waals surface area contributed by atoms with E-state index >= 15 is 0 Å². The molecule has 2 amide bonds. The summed E-state index contributed by atoms with van der Waals surface area (Å²) in [5.74, 6) is 0.886. The van der Waals surface area contributed by atoms with Crippen LogP contribution in [0.1, 0.15) is 118 Å². The number of hydrogen-bond donors (Lipinski definition) is 0. The van der Waals surface area contributed by atoms with Gasteiger partial charge in [0, 0.05) is 32.5 Å². The number of carbonyl (C=O) groups is 2. The monoisotopic (exact) mass is 438 g/mol. The lowest BCUT2D eigenvalue weighted by Crippen LogP contribution is -2.50. The van der Waals surface area contributed by atoms with Crippen LogP contribution in [-0.4, -0.2) is 47.7 Å². The van der Waals surface area contributed by atoms with Crippen molar-refractivity contribution in [2.45, 2.75) is 124 Å². The number of hydrogen-bond acceptors (Lipinski definition) is 3. The molecule has 0 spiro atoms. The molecule has 1 aliphatic rings. The van der Waals surface area contributed by atoms with Crippen LogP contribution in [0.3, 0.4) is 0 Å². The van der Waals surface area contributed by atoms with E-state index in [2.05, 4.69) is 34.6 Å². The summed E-state index contributed by atoms with van der Waals surface area (Å²) in [5.41, 5.74) is 0. The highest BCUT2D eigenvalue weighted by Gasteiger charge is 2.31. The van der Waals surface area contributed by atoms with Gasteiger partial charge in [-0.2, -0.15) is 0 Å². The van der Waals surface area contributed by atoms with Crippen molar-refractivity contribution in [2.75, 3.05) is 19.6 Å². The molecule has 0 aliphatic heterocycles. The largest absolute Gasteiger partial charge is 0.441 e. The number of nitrogens with zero attached hydrogens (tertiary/aromatic N) is 2. The fourth-order valence-corrected chi connectivity index (χ4v) is 4.51. The predicted molar refractivity (Wildman–Crippen MR) is 129 cm³/mol. The summed E-state index contributed by atoms with van der Waals surface area (Å²) in [4.78, 5) is 30.3. The maximum Gasteiger partial charge on any atom is 0.322 e. The van der Waals surface area contributed by atoms with Crippen molar-refractivity contribution in [1.82, 2.24) is 9.80 Å². The number of esters is 1. The van der Waals surface area contributed by atoms with Crippen molar-refractivity contribution in [3.63, 3.8) is 0 Å². The van der Waals surface area contributed by atoms with Crippen LogP contribution in [0.4, 0.5) is 4.79 Å². The zero-order chi connectivity index (χ0) is 23.1. The van der Waals surface area contributed by atoms with Crippen LogP contribution in [0, 0.1) is 11.8 Å². The van der Waals surface area contributed by atoms with E-state index in [0.717, 1.165) is 64.5 Å². The van der Waals surface area contributed by atoms with E-state index in [9.17, 15) is 9.59 Å². The average Bonchev–Trinajstić information content (AvgIpc) is 2.75. The van der Waals surface area contributed by atoms with Gasteiger partial charge in [-0.15, -0.1) is 0 Å². The van der Waals surface area contributed by atoms with E-state index in [4.69, 9.17) is 4.74 Å². The second kappa shape index (κ2) is 16.4. The Kier molecular flexibility index (Phi) is 14.7. The molecule has 0 heterocycles. The van der Waals surface area contributed by atoms with Gasteiger partial charge in [0.2, 0.25) is 0 Å². The molecular formula is C26H50N2O3. The Bertz CT molecular complexity index is 489. The summed E-state index contributed by atoms with van der Waals surface area (Å²) in [5, 5.41) is 0. The number of ether oxygens (including phenoxy) is 1. The highest BCUT2D eigenvalue weighted by Crippen LogP contribution is 2.32. The zero-order valence-electron chi connectivity index (χ0n) is 21.2. The van der Waals surface area contributed by atoms with Gasteiger partial charge in [-0.1, -0.05) is 79.6 Å². The first kappa shape index (κ1) is 27.8. The van der Waals surface area contributed by atoms with Gasteiger partial charge in [-0.3, -0.25) is 9.69 Å². The Morgan fingerprint density at radius 2 is 1.45 bits per heavy atom. The Hall–Kier alpha value is -1.26. The summed E-state index contributed by atoms with van der Waals surface area (Å²) < 4.78 is 6.02. The number of amides is 2. The number of unbranched alkanes of at least 4 members (excludes halogenated alkanes) is 3. The van der Waals surface area contributed by atoms with E-state index in [1.807, 2.05) is 9.80 Å². The van der Waals surface area contributed by atoms with Gasteiger partial charge in [-0.05, 0) is 37.5 Å². The minimum atomic E-state index is -0.443. The van der Waals surface area contributed by atoms with Crippen LogP contribution in [0.15, 0.2) is 0 Å². The molecule has 182 valence electrons. The number of rotatable bonds is 15.